The number of cyclic esters (lactones) is 1. The lowest BCUT2D eigenvalue weighted by Gasteiger charge is -2.55. The highest BCUT2D eigenvalue weighted by molar-refractivity contribution is 7.10. The van der Waals surface area contributed by atoms with Crippen molar-refractivity contribution in [3.63, 3.8) is 0 Å². The lowest BCUT2D eigenvalue weighted by molar-refractivity contribution is -0.197. The number of methoxy groups -OCH3 is 1. The second-order valence-electron chi connectivity index (χ2n) is 25.7. The number of fused-ring (bicyclic) bond motifs is 6. The molecule has 19 heteroatoms. The highest BCUT2D eigenvalue weighted by atomic mass is 32.1. The Bertz CT molecular complexity index is 2890. The maximum Gasteiger partial charge on any atom is 0.324 e. The van der Waals surface area contributed by atoms with Crippen LogP contribution in [-0.2, 0) is 52.8 Å². The Morgan fingerprint density at radius 3 is 2.48 bits per heavy atom. The van der Waals surface area contributed by atoms with Crippen molar-refractivity contribution in [2.45, 2.75) is 172 Å². The van der Waals surface area contributed by atoms with Crippen LogP contribution < -0.4 is 16.1 Å². The minimum atomic E-state index is -0.955. The summed E-state index contributed by atoms with van der Waals surface area (Å²) in [7, 11) is 1.76. The molecule has 13 rings (SSSR count). The van der Waals surface area contributed by atoms with E-state index in [1.54, 1.807) is 12.1 Å². The van der Waals surface area contributed by atoms with Gasteiger partial charge in [0.2, 0.25) is 11.8 Å². The zero-order chi connectivity index (χ0) is 54.3. The number of thiazole rings is 1. The van der Waals surface area contributed by atoms with E-state index >= 15 is 9.59 Å². The second-order valence-corrected chi connectivity index (χ2v) is 26.7. The molecular formula is C60H83N11O7S. The van der Waals surface area contributed by atoms with Gasteiger partial charge in [0.1, 0.15) is 23.7 Å². The molecule has 3 aliphatic carbocycles. The summed E-state index contributed by atoms with van der Waals surface area (Å²) in [4.78, 5) is 78.1. The number of amides is 3. The van der Waals surface area contributed by atoms with Gasteiger partial charge in [-0.3, -0.25) is 49.2 Å². The quantitative estimate of drug-likeness (QED) is 0.162. The molecule has 7 aliphatic heterocycles. The zero-order valence-corrected chi connectivity index (χ0v) is 48.0. The molecule has 1 aromatic carbocycles. The smallest absolute Gasteiger partial charge is 0.324 e. The summed E-state index contributed by atoms with van der Waals surface area (Å²) < 4.78 is 21.3. The molecule has 0 unspecified atom stereocenters. The minimum Gasteiger partial charge on any atom is -0.464 e. The number of likely N-dealkylation sites (tertiary alicyclic amines) is 1. The first-order valence-electron chi connectivity index (χ1n) is 30.1. The predicted octanol–water partition coefficient (Wildman–Crippen LogP) is 5.02. The van der Waals surface area contributed by atoms with Crippen LogP contribution in [0.5, 0.6) is 0 Å². The van der Waals surface area contributed by atoms with Gasteiger partial charge in [0.05, 0.1) is 60.5 Å². The van der Waals surface area contributed by atoms with Crippen LogP contribution >= 0.6 is 11.3 Å². The third-order valence-electron chi connectivity index (χ3n) is 19.4. The third kappa shape index (κ3) is 10.8. The highest BCUT2D eigenvalue weighted by Crippen LogP contribution is 2.45. The molecule has 0 radical (unpaired) electrons. The van der Waals surface area contributed by atoms with E-state index < -0.39 is 35.1 Å². The molecule has 2 aromatic heterocycles. The van der Waals surface area contributed by atoms with Crippen molar-refractivity contribution >= 4 is 57.7 Å². The number of hydrogen-bond donors (Lipinski definition) is 3. The van der Waals surface area contributed by atoms with E-state index in [1.165, 1.54) is 53.9 Å². The molecule has 3 aromatic rings. The number of nitrogens with one attached hydrogen (secondary N) is 3. The first-order chi connectivity index (χ1) is 38.3. The number of aryl methyl sites for hydroxylation is 1. The fourth-order valence-electron chi connectivity index (χ4n) is 14.7. The van der Waals surface area contributed by atoms with E-state index in [-0.39, 0.29) is 54.9 Å². The number of piperazine rings is 1. The first kappa shape index (κ1) is 53.7. The predicted molar refractivity (Wildman–Crippen MR) is 303 cm³/mol. The fourth-order valence-corrected chi connectivity index (χ4v) is 15.5. The van der Waals surface area contributed by atoms with Crippen molar-refractivity contribution in [1.82, 2.24) is 50.2 Å². The van der Waals surface area contributed by atoms with Crippen LogP contribution in [-0.4, -0.2) is 197 Å². The maximum atomic E-state index is 15.2. The van der Waals surface area contributed by atoms with E-state index in [0.717, 1.165) is 104 Å². The van der Waals surface area contributed by atoms with Crippen LogP contribution in [0.25, 0.3) is 27.7 Å². The summed E-state index contributed by atoms with van der Waals surface area (Å²) in [5, 5.41) is 12.2. The minimum absolute atomic E-state index is 0.0764. The van der Waals surface area contributed by atoms with Crippen molar-refractivity contribution in [3.05, 3.63) is 45.5 Å². The Morgan fingerprint density at radius 2 is 1.73 bits per heavy atom. The Kier molecular flexibility index (Phi) is 14.7. The van der Waals surface area contributed by atoms with E-state index in [1.807, 2.05) is 4.90 Å². The zero-order valence-electron chi connectivity index (χ0n) is 47.2. The summed E-state index contributed by atoms with van der Waals surface area (Å²) in [5.74, 6) is 0.0561. The summed E-state index contributed by atoms with van der Waals surface area (Å²) in [5.41, 5.74) is 9.70. The lowest BCUT2D eigenvalue weighted by Crippen LogP contribution is -2.73. The molecule has 3 N–H and O–H groups in total. The van der Waals surface area contributed by atoms with E-state index in [2.05, 4.69) is 92.8 Å². The molecule has 10 aliphatic rings. The molecule has 1 spiro atoms. The number of morpholine rings is 1. The Hall–Kier alpha value is -4.60. The molecular weight excluding hydrogens is 1020 g/mol. The number of carbonyl (C=O) groups excluding carboxylic acids is 4. The largest absolute Gasteiger partial charge is 0.464 e. The number of hydrogen-bond acceptors (Lipinski definition) is 15. The van der Waals surface area contributed by atoms with Gasteiger partial charge >= 0.3 is 5.97 Å². The molecule has 79 heavy (non-hydrogen) atoms. The second kappa shape index (κ2) is 21.6. The third-order valence-corrected chi connectivity index (χ3v) is 20.3. The van der Waals surface area contributed by atoms with Crippen LogP contribution in [0, 0.1) is 17.3 Å². The monoisotopic (exact) mass is 1100 g/mol. The van der Waals surface area contributed by atoms with Gasteiger partial charge in [-0.1, -0.05) is 32.8 Å². The number of rotatable bonds is 12. The Labute approximate surface area is 469 Å². The van der Waals surface area contributed by atoms with Gasteiger partial charge in [0.25, 0.3) is 5.91 Å². The number of aliphatic imine (C=N–C) groups is 1. The van der Waals surface area contributed by atoms with Crippen molar-refractivity contribution in [2.75, 3.05) is 79.2 Å². The maximum absolute atomic E-state index is 15.2. The van der Waals surface area contributed by atoms with E-state index in [4.69, 9.17) is 24.2 Å². The molecule has 9 heterocycles. The number of nitrogens with zero attached hydrogens (tertiary/aromatic N) is 8. The summed E-state index contributed by atoms with van der Waals surface area (Å²) in [6, 6.07) is 5.67. The molecule has 8 fully saturated rings. The van der Waals surface area contributed by atoms with E-state index in [9.17, 15) is 9.59 Å². The standard InChI is InChI=1S/C60H83N11O7S/c1-6-70-48-18-15-39-26-42(48)44(54(70)43-27-41(30-61-50(43)36(2)76-5)67-22-20-66(21-23-67)40-16-17-40)29-59(3,4)35-77-58(75)45-12-9-19-71(65-45)56(73)46(28-49-62-47(39)31-79-49)63-55(72)53(38-10-7-8-11-38)68-24-25-78-60(32-68)33-69(34-60)57(74)52-51(64-52)37-13-14-37/h15,18,26,30-31,36-38,40-41,45-46,51-53,64-65H,6-14,16-17,19-25,27-29,32-35H2,1-5H3,(H,63,72)/t36-,41+,45-,46-,51+,52+,53-/m0/s1. The SMILES string of the molecule is CCn1c(C2=C([C@H](C)OC)N=C[C@H](N3CCN(C4CC4)CC3)C2)c2c3cc(ccc31)-c1csc(n1)C[C@H](NC(=O)[C@H](C1CCCC1)N1CCOC3(CN(C(=O)[C@@H]4N[C@@H]4C4CC4)C3)C1)C(=O)N1CCC[C@H](N1)C(=O)OCC(C)(C)C2. The molecule has 5 saturated heterocycles. The first-order valence-corrected chi connectivity index (χ1v) is 31.0. The molecule has 3 amide bonds. The van der Waals surface area contributed by atoms with Crippen molar-refractivity contribution < 1.29 is 33.4 Å². The van der Waals surface area contributed by atoms with Gasteiger partial charge in [-0.05, 0) is 108 Å². The summed E-state index contributed by atoms with van der Waals surface area (Å²) in [6.07, 6.45) is 13.7. The number of benzene rings is 1. The molecule has 18 nitrogen and oxygen atoms in total. The lowest BCUT2D eigenvalue weighted by atomic mass is 9.83. The molecule has 7 atom stereocenters. The normalized spacial score (nSPS) is 29.9. The summed E-state index contributed by atoms with van der Waals surface area (Å²) in [6.45, 7) is 16.8. The summed E-state index contributed by atoms with van der Waals surface area (Å²) >= 11 is 1.50. The van der Waals surface area contributed by atoms with Crippen LogP contribution in [0.1, 0.15) is 115 Å². The van der Waals surface area contributed by atoms with Gasteiger partial charge in [-0.15, -0.1) is 11.3 Å². The van der Waals surface area contributed by atoms with Crippen LogP contribution in [0.2, 0.25) is 0 Å². The number of hydrazine groups is 1. The molecule has 426 valence electrons. The van der Waals surface area contributed by atoms with Crippen molar-refractivity contribution in [2.24, 2.45) is 22.2 Å². The van der Waals surface area contributed by atoms with Crippen molar-refractivity contribution in [1.29, 1.82) is 0 Å². The number of carbonyl (C=O) groups is 4. The highest BCUT2D eigenvalue weighted by Gasteiger charge is 2.58. The number of ether oxygens (including phenoxy) is 3. The van der Waals surface area contributed by atoms with Crippen LogP contribution in [0.4, 0.5) is 0 Å². The number of esters is 1. The topological polar surface area (TPSA) is 188 Å². The average Bonchev–Trinajstić information content (AvgIpc) is 4.60. The Balaban J connectivity index is 0.813. The van der Waals surface area contributed by atoms with Gasteiger partial charge < -0.3 is 29.0 Å². The van der Waals surface area contributed by atoms with Crippen LogP contribution in [0.15, 0.2) is 34.3 Å². The van der Waals surface area contributed by atoms with Gasteiger partial charge in [0, 0.05) is 123 Å². The number of aromatic nitrogens is 2. The fraction of sp³-hybridized carbons (Fsp3) is 0.700. The van der Waals surface area contributed by atoms with E-state index in [0.29, 0.717) is 70.6 Å². The average molecular weight is 1100 g/mol. The van der Waals surface area contributed by atoms with Gasteiger partial charge in [-0.25, -0.2) is 10.4 Å². The molecule has 3 saturated carbocycles. The van der Waals surface area contributed by atoms with Gasteiger partial charge in [-0.2, -0.15) is 0 Å². The Morgan fingerprint density at radius 1 is 0.949 bits per heavy atom. The molecule has 6 bridgehead atoms. The van der Waals surface area contributed by atoms with Crippen molar-refractivity contribution in [3.8, 4) is 11.3 Å². The van der Waals surface area contributed by atoms with Crippen LogP contribution in [0.3, 0.4) is 0 Å². The van der Waals surface area contributed by atoms with Gasteiger partial charge in [0.15, 0.2) is 0 Å².